The number of hydrogen-bond acceptors (Lipinski definition) is 2. The first-order valence-electron chi connectivity index (χ1n) is 4.22. The number of para-hydroxylation sites is 1. The van der Waals surface area contributed by atoms with E-state index in [1.807, 2.05) is 37.4 Å². The summed E-state index contributed by atoms with van der Waals surface area (Å²) in [6.45, 7) is 0. The number of ether oxygens (including phenoxy) is 1. The minimum absolute atomic E-state index is 0.347. The molecule has 0 heterocycles. The second-order valence-electron chi connectivity index (χ2n) is 2.75. The maximum Gasteiger partial charge on any atom is 0.293 e. The van der Waals surface area contributed by atoms with Gasteiger partial charge in [0.1, 0.15) is 0 Å². The van der Waals surface area contributed by atoms with Crippen molar-refractivity contribution in [3.63, 3.8) is 0 Å². The minimum atomic E-state index is 0.347. The van der Waals surface area contributed by atoms with Crippen LogP contribution in [0.25, 0.3) is 0 Å². The van der Waals surface area contributed by atoms with Gasteiger partial charge >= 0.3 is 0 Å². The van der Waals surface area contributed by atoms with Gasteiger partial charge in [-0.25, -0.2) is 0 Å². The fourth-order valence-electron chi connectivity index (χ4n) is 0.951. The van der Waals surface area contributed by atoms with E-state index in [0.717, 1.165) is 5.69 Å². The largest absolute Gasteiger partial charge is 0.468 e. The Bertz CT molecular complexity index is 300. The first-order chi connectivity index (χ1) is 6.77. The van der Waals surface area contributed by atoms with Crippen molar-refractivity contribution in [1.82, 2.24) is 4.90 Å². The highest BCUT2D eigenvalue weighted by Gasteiger charge is 2.04. The molecule has 0 fully saturated rings. The van der Waals surface area contributed by atoms with E-state index < -0.39 is 0 Å². The van der Waals surface area contributed by atoms with Gasteiger partial charge in [0.25, 0.3) is 6.02 Å². The molecule has 0 aliphatic rings. The van der Waals surface area contributed by atoms with E-state index >= 15 is 0 Å². The van der Waals surface area contributed by atoms with Crippen molar-refractivity contribution >= 4 is 23.3 Å². The topological polar surface area (TPSA) is 24.8 Å². The number of hydrogen-bond donors (Lipinski definition) is 0. The van der Waals surface area contributed by atoms with Crippen molar-refractivity contribution in [2.45, 2.75) is 0 Å². The lowest BCUT2D eigenvalue weighted by atomic mass is 10.3. The number of aliphatic imine (C=N–C) groups is 1. The molecule has 0 amide bonds. The van der Waals surface area contributed by atoms with E-state index in [2.05, 4.69) is 4.99 Å². The fraction of sp³-hybridized carbons (Fsp3) is 0.300. The highest BCUT2D eigenvalue weighted by molar-refractivity contribution is 6.18. The Balaban J connectivity index is 2.84. The molecule has 0 radical (unpaired) electrons. The van der Waals surface area contributed by atoms with Crippen molar-refractivity contribution in [3.05, 3.63) is 30.3 Å². The smallest absolute Gasteiger partial charge is 0.293 e. The molecule has 0 unspecified atom stereocenters. The van der Waals surface area contributed by atoms with Crippen LogP contribution < -0.4 is 0 Å². The molecular weight excluding hydrogens is 200 g/mol. The Morgan fingerprint density at radius 1 is 1.43 bits per heavy atom. The molecule has 1 rings (SSSR count). The first kappa shape index (κ1) is 10.9. The van der Waals surface area contributed by atoms with Gasteiger partial charge in [-0.05, 0) is 12.1 Å². The van der Waals surface area contributed by atoms with Crippen LogP contribution in [0.15, 0.2) is 35.3 Å². The molecule has 0 saturated carbocycles. The maximum atomic E-state index is 5.66. The molecule has 0 saturated heterocycles. The molecule has 0 spiro atoms. The molecule has 0 aliphatic carbocycles. The fourth-order valence-corrected chi connectivity index (χ4v) is 1.05. The molecule has 14 heavy (non-hydrogen) atoms. The van der Waals surface area contributed by atoms with E-state index in [9.17, 15) is 0 Å². The van der Waals surface area contributed by atoms with Crippen LogP contribution in [0.4, 0.5) is 5.69 Å². The average Bonchev–Trinajstić information content (AvgIpc) is 2.26. The summed E-state index contributed by atoms with van der Waals surface area (Å²) in [5.74, 6) is 0. The van der Waals surface area contributed by atoms with E-state index in [4.69, 9.17) is 16.3 Å². The Morgan fingerprint density at radius 3 is 2.57 bits per heavy atom. The molecule has 0 aliphatic heterocycles. The van der Waals surface area contributed by atoms with Gasteiger partial charge in [-0.15, -0.1) is 11.6 Å². The van der Waals surface area contributed by atoms with E-state index in [0.29, 0.717) is 12.0 Å². The minimum Gasteiger partial charge on any atom is -0.468 e. The third-order valence-corrected chi connectivity index (χ3v) is 2.03. The molecule has 0 bridgehead atoms. The number of halogens is 1. The monoisotopic (exact) mass is 212 g/mol. The highest BCUT2D eigenvalue weighted by Crippen LogP contribution is 2.11. The third kappa shape index (κ3) is 2.92. The summed E-state index contributed by atoms with van der Waals surface area (Å²) in [6.07, 6.45) is 0. The van der Waals surface area contributed by atoms with Gasteiger partial charge in [0.05, 0.1) is 18.8 Å². The van der Waals surface area contributed by atoms with Crippen LogP contribution in [0.5, 0.6) is 0 Å². The summed E-state index contributed by atoms with van der Waals surface area (Å²) in [4.78, 5) is 6.00. The molecule has 0 atom stereocenters. The Kier molecular flexibility index (Phi) is 4.26. The summed E-state index contributed by atoms with van der Waals surface area (Å²) in [5, 5.41) is 0. The van der Waals surface area contributed by atoms with E-state index in [1.54, 1.807) is 12.0 Å². The summed E-state index contributed by atoms with van der Waals surface area (Å²) in [5.41, 5.74) is 0.848. The summed E-state index contributed by atoms with van der Waals surface area (Å²) < 4.78 is 5.10. The van der Waals surface area contributed by atoms with Gasteiger partial charge < -0.3 is 9.64 Å². The van der Waals surface area contributed by atoms with Gasteiger partial charge in [0.15, 0.2) is 0 Å². The quantitative estimate of drug-likeness (QED) is 0.326. The maximum absolute atomic E-state index is 5.66. The Hall–Kier alpha value is -1.22. The van der Waals surface area contributed by atoms with Crippen molar-refractivity contribution < 1.29 is 4.74 Å². The predicted molar refractivity (Wildman–Crippen MR) is 59.0 cm³/mol. The predicted octanol–water partition coefficient (Wildman–Crippen LogP) is 2.45. The molecule has 76 valence electrons. The number of nitrogens with zero attached hydrogens (tertiary/aromatic N) is 2. The number of benzene rings is 1. The molecule has 1 aromatic rings. The van der Waals surface area contributed by atoms with Crippen LogP contribution in [0.2, 0.25) is 0 Å². The molecule has 3 nitrogen and oxygen atoms in total. The van der Waals surface area contributed by atoms with Crippen molar-refractivity contribution in [3.8, 4) is 0 Å². The SMILES string of the molecule is COC(=Nc1ccccc1)N(C)CCl. The lowest BCUT2D eigenvalue weighted by Gasteiger charge is -2.15. The lowest BCUT2D eigenvalue weighted by Crippen LogP contribution is -2.26. The normalized spacial score (nSPS) is 11.2. The lowest BCUT2D eigenvalue weighted by molar-refractivity contribution is 0.326. The van der Waals surface area contributed by atoms with Gasteiger partial charge in [-0.3, -0.25) is 0 Å². The van der Waals surface area contributed by atoms with Gasteiger partial charge in [0, 0.05) is 7.05 Å². The number of methoxy groups -OCH3 is 1. The van der Waals surface area contributed by atoms with Crippen LogP contribution in [-0.4, -0.2) is 31.1 Å². The molecule has 0 aromatic heterocycles. The van der Waals surface area contributed by atoms with Gasteiger partial charge in [-0.2, -0.15) is 4.99 Å². The standard InChI is InChI=1S/C10H13ClN2O/c1-13(8-11)10(14-2)12-9-6-4-3-5-7-9/h3-7H,8H2,1-2H3. The zero-order valence-electron chi connectivity index (χ0n) is 8.27. The van der Waals surface area contributed by atoms with Crippen molar-refractivity contribution in [2.75, 3.05) is 20.2 Å². The van der Waals surface area contributed by atoms with Gasteiger partial charge in [-0.1, -0.05) is 18.2 Å². The molecule has 1 aromatic carbocycles. The number of amidine groups is 1. The van der Waals surface area contributed by atoms with E-state index in [1.165, 1.54) is 0 Å². The van der Waals surface area contributed by atoms with E-state index in [-0.39, 0.29) is 0 Å². The van der Waals surface area contributed by atoms with Crippen molar-refractivity contribution in [1.29, 1.82) is 0 Å². The molecule has 0 N–H and O–H groups in total. The van der Waals surface area contributed by atoms with Crippen LogP contribution in [-0.2, 0) is 4.74 Å². The first-order valence-corrected chi connectivity index (χ1v) is 4.76. The summed E-state index contributed by atoms with van der Waals surface area (Å²) in [6, 6.07) is 10.4. The third-order valence-electron chi connectivity index (χ3n) is 1.67. The highest BCUT2D eigenvalue weighted by atomic mass is 35.5. The Morgan fingerprint density at radius 2 is 2.07 bits per heavy atom. The number of rotatable bonds is 2. The zero-order valence-corrected chi connectivity index (χ0v) is 9.03. The van der Waals surface area contributed by atoms with Crippen LogP contribution in [0.3, 0.4) is 0 Å². The van der Waals surface area contributed by atoms with Crippen LogP contribution >= 0.6 is 11.6 Å². The van der Waals surface area contributed by atoms with Crippen molar-refractivity contribution in [2.24, 2.45) is 4.99 Å². The number of alkyl halides is 1. The van der Waals surface area contributed by atoms with Gasteiger partial charge in [0.2, 0.25) is 0 Å². The summed E-state index contributed by atoms with van der Waals surface area (Å²) in [7, 11) is 3.39. The Labute approximate surface area is 89.0 Å². The summed E-state index contributed by atoms with van der Waals surface area (Å²) >= 11 is 5.66. The molecule has 4 heteroatoms. The average molecular weight is 213 g/mol. The van der Waals surface area contributed by atoms with Crippen LogP contribution in [0.1, 0.15) is 0 Å². The second-order valence-corrected chi connectivity index (χ2v) is 2.99. The molecular formula is C10H13ClN2O. The second kappa shape index (κ2) is 5.50. The van der Waals surface area contributed by atoms with Crippen LogP contribution in [0, 0.1) is 0 Å². The zero-order chi connectivity index (χ0) is 10.4.